The molecule has 8 nitrogen and oxygen atoms in total. The molecule has 2 aromatic carbocycles. The fourth-order valence-electron chi connectivity index (χ4n) is 3.52. The molecule has 11 heteroatoms. The number of anilines is 1. The highest BCUT2D eigenvalue weighted by molar-refractivity contribution is 5.90. The standard InChI is InChI=1S/C24H20F2N2O6.ClH/c25-24(26)20(34-22(31)16-9-5-2-6-10-16)18(14-32-21(30)15-7-3-1-4-8-15)33-23(24)28-12-11-17(27)13-19(28)29;/h1-13,18,20,23H,14,27H2;1H/t18-,20-,23-;/m1./s1. The van der Waals surface area contributed by atoms with E-state index in [1.807, 2.05) is 0 Å². The quantitative estimate of drug-likeness (QED) is 0.510. The fourth-order valence-corrected chi connectivity index (χ4v) is 3.52. The molecule has 1 aliphatic heterocycles. The van der Waals surface area contributed by atoms with E-state index in [1.165, 1.54) is 30.3 Å². The maximum Gasteiger partial charge on any atom is 0.338 e. The molecule has 0 spiro atoms. The van der Waals surface area contributed by atoms with Gasteiger partial charge in [-0.2, -0.15) is 8.78 Å². The molecule has 0 saturated carbocycles. The predicted octanol–water partition coefficient (Wildman–Crippen LogP) is 3.47. The number of hydrogen-bond donors (Lipinski definition) is 1. The van der Waals surface area contributed by atoms with Crippen LogP contribution in [-0.4, -0.2) is 41.2 Å². The van der Waals surface area contributed by atoms with E-state index in [0.29, 0.717) is 4.57 Å². The van der Waals surface area contributed by atoms with E-state index in [1.54, 1.807) is 36.4 Å². The third-order valence-corrected chi connectivity index (χ3v) is 5.21. The average molecular weight is 507 g/mol. The van der Waals surface area contributed by atoms with Gasteiger partial charge in [0.1, 0.15) is 12.7 Å². The second-order valence-electron chi connectivity index (χ2n) is 7.56. The van der Waals surface area contributed by atoms with Crippen molar-refractivity contribution < 1.29 is 32.6 Å². The minimum atomic E-state index is -3.84. The summed E-state index contributed by atoms with van der Waals surface area (Å²) in [4.78, 5) is 37.2. The highest BCUT2D eigenvalue weighted by Crippen LogP contribution is 2.44. The minimum Gasteiger partial charge on any atom is -0.459 e. The lowest BCUT2D eigenvalue weighted by Gasteiger charge is -2.24. The third kappa shape index (κ3) is 5.50. The van der Waals surface area contributed by atoms with Gasteiger partial charge in [-0.3, -0.25) is 9.36 Å². The Morgan fingerprint density at radius 3 is 2.11 bits per heavy atom. The number of aromatic nitrogens is 1. The highest BCUT2D eigenvalue weighted by atomic mass is 35.5. The summed E-state index contributed by atoms with van der Waals surface area (Å²) in [5.74, 6) is -5.62. The lowest BCUT2D eigenvalue weighted by atomic mass is 10.1. The maximum atomic E-state index is 15.5. The molecule has 184 valence electrons. The number of nitrogens with two attached hydrogens (primary N) is 1. The van der Waals surface area contributed by atoms with Crippen molar-refractivity contribution in [1.29, 1.82) is 0 Å². The van der Waals surface area contributed by atoms with Crippen LogP contribution in [0.5, 0.6) is 0 Å². The van der Waals surface area contributed by atoms with Crippen LogP contribution in [0.2, 0.25) is 0 Å². The lowest BCUT2D eigenvalue weighted by Crippen LogP contribution is -2.44. The molecule has 2 N–H and O–H groups in total. The number of pyridine rings is 1. The minimum absolute atomic E-state index is 0. The zero-order valence-corrected chi connectivity index (χ0v) is 18.9. The number of hydrogen-bond acceptors (Lipinski definition) is 7. The molecular formula is C24H21ClF2N2O6. The van der Waals surface area contributed by atoms with Crippen LogP contribution in [0.3, 0.4) is 0 Å². The summed E-state index contributed by atoms with van der Waals surface area (Å²) in [5, 5.41) is 0. The Morgan fingerprint density at radius 1 is 0.971 bits per heavy atom. The number of esters is 2. The van der Waals surface area contributed by atoms with Crippen LogP contribution in [0.15, 0.2) is 83.8 Å². The smallest absolute Gasteiger partial charge is 0.338 e. The van der Waals surface area contributed by atoms with Gasteiger partial charge in [-0.1, -0.05) is 36.4 Å². The van der Waals surface area contributed by atoms with Crippen LogP contribution in [0.25, 0.3) is 0 Å². The molecule has 0 aliphatic carbocycles. The summed E-state index contributed by atoms with van der Waals surface area (Å²) in [6.07, 6.45) is -4.75. The zero-order valence-electron chi connectivity index (χ0n) is 18.1. The number of benzene rings is 2. The van der Waals surface area contributed by atoms with Gasteiger partial charge < -0.3 is 19.9 Å². The highest BCUT2D eigenvalue weighted by Gasteiger charge is 2.62. The Balaban J connectivity index is 0.00000342. The molecule has 4 rings (SSSR count). The van der Waals surface area contributed by atoms with Gasteiger partial charge >= 0.3 is 17.9 Å². The van der Waals surface area contributed by atoms with Crippen LogP contribution in [-0.2, 0) is 14.2 Å². The van der Waals surface area contributed by atoms with Crippen LogP contribution >= 0.6 is 12.4 Å². The Bertz CT molecular complexity index is 1240. The van der Waals surface area contributed by atoms with Gasteiger partial charge in [0.2, 0.25) is 6.23 Å². The molecule has 3 atom stereocenters. The largest absolute Gasteiger partial charge is 0.459 e. The monoisotopic (exact) mass is 506 g/mol. The summed E-state index contributed by atoms with van der Waals surface area (Å²) in [6, 6.07) is 17.7. The van der Waals surface area contributed by atoms with E-state index in [2.05, 4.69) is 0 Å². The first-order valence-electron chi connectivity index (χ1n) is 10.3. The van der Waals surface area contributed by atoms with Gasteiger partial charge in [0.05, 0.1) is 11.1 Å². The van der Waals surface area contributed by atoms with Gasteiger partial charge in [0, 0.05) is 18.0 Å². The van der Waals surface area contributed by atoms with Gasteiger partial charge in [-0.25, -0.2) is 9.59 Å². The van der Waals surface area contributed by atoms with E-state index in [0.717, 1.165) is 12.3 Å². The Morgan fingerprint density at radius 2 is 1.54 bits per heavy atom. The van der Waals surface area contributed by atoms with Crippen molar-refractivity contribution in [1.82, 2.24) is 4.57 Å². The number of carbonyl (C=O) groups is 2. The first-order chi connectivity index (χ1) is 16.3. The van der Waals surface area contributed by atoms with Crippen molar-refractivity contribution in [2.75, 3.05) is 12.3 Å². The molecule has 3 aromatic rings. The second-order valence-corrected chi connectivity index (χ2v) is 7.56. The van der Waals surface area contributed by atoms with Crippen LogP contribution < -0.4 is 11.3 Å². The average Bonchev–Trinajstić information content (AvgIpc) is 3.08. The molecule has 35 heavy (non-hydrogen) atoms. The van der Waals surface area contributed by atoms with Crippen molar-refractivity contribution in [3.63, 3.8) is 0 Å². The second kappa shape index (κ2) is 10.7. The van der Waals surface area contributed by atoms with Crippen molar-refractivity contribution in [3.05, 3.63) is 100 Å². The normalized spacial score (nSPS) is 20.5. The van der Waals surface area contributed by atoms with Crippen molar-refractivity contribution in [2.24, 2.45) is 0 Å². The summed E-state index contributed by atoms with van der Waals surface area (Å²) in [6.45, 7) is -0.643. The molecule has 2 heterocycles. The molecule has 1 aromatic heterocycles. The topological polar surface area (TPSA) is 110 Å². The molecule has 0 radical (unpaired) electrons. The summed E-state index contributed by atoms with van der Waals surface area (Å²) in [5.41, 5.74) is 5.05. The molecule has 0 amide bonds. The SMILES string of the molecule is Cl.Nc1ccn([C@@H]2O[C@H](COC(=O)c3ccccc3)[C@@H](OC(=O)c3ccccc3)C2(F)F)c(=O)c1. The first-order valence-corrected chi connectivity index (χ1v) is 10.3. The van der Waals surface area contributed by atoms with Gasteiger partial charge in [-0.15, -0.1) is 12.4 Å². The molecule has 1 fully saturated rings. The fraction of sp³-hybridized carbons (Fsp3) is 0.208. The number of carbonyl (C=O) groups excluding carboxylic acids is 2. The number of rotatable bonds is 6. The third-order valence-electron chi connectivity index (χ3n) is 5.21. The zero-order chi connectivity index (χ0) is 24.3. The molecular weight excluding hydrogens is 486 g/mol. The lowest BCUT2D eigenvalue weighted by molar-refractivity contribution is -0.142. The Hall–Kier alpha value is -3.76. The molecule has 1 saturated heterocycles. The predicted molar refractivity (Wildman–Crippen MR) is 124 cm³/mol. The van der Waals surface area contributed by atoms with E-state index >= 15 is 8.78 Å². The van der Waals surface area contributed by atoms with E-state index < -0.39 is 48.5 Å². The number of nitrogens with zero attached hydrogens (tertiary/aromatic N) is 1. The molecule has 0 unspecified atom stereocenters. The van der Waals surface area contributed by atoms with Gasteiger partial charge in [-0.05, 0) is 30.3 Å². The van der Waals surface area contributed by atoms with Crippen molar-refractivity contribution >= 4 is 30.0 Å². The van der Waals surface area contributed by atoms with Gasteiger partial charge in [0.25, 0.3) is 5.56 Å². The number of nitrogen functional groups attached to an aromatic ring is 1. The maximum absolute atomic E-state index is 15.5. The van der Waals surface area contributed by atoms with E-state index in [-0.39, 0.29) is 29.2 Å². The number of ether oxygens (including phenoxy) is 3. The van der Waals surface area contributed by atoms with Crippen LogP contribution in [0.4, 0.5) is 14.5 Å². The Kier molecular flexibility index (Phi) is 7.88. The number of halogens is 3. The van der Waals surface area contributed by atoms with E-state index in [9.17, 15) is 14.4 Å². The number of alkyl halides is 2. The summed E-state index contributed by atoms with van der Waals surface area (Å²) < 4.78 is 47.3. The van der Waals surface area contributed by atoms with Crippen molar-refractivity contribution in [3.8, 4) is 0 Å². The first kappa shape index (κ1) is 25.9. The molecule has 1 aliphatic rings. The van der Waals surface area contributed by atoms with Crippen LogP contribution in [0, 0.1) is 0 Å². The van der Waals surface area contributed by atoms with Crippen molar-refractivity contribution in [2.45, 2.75) is 24.4 Å². The molecule has 0 bridgehead atoms. The van der Waals surface area contributed by atoms with E-state index in [4.69, 9.17) is 19.9 Å². The van der Waals surface area contributed by atoms with Gasteiger partial charge in [0.15, 0.2) is 6.10 Å². The summed E-state index contributed by atoms with van der Waals surface area (Å²) in [7, 11) is 0. The Labute approximate surface area is 204 Å². The van der Waals surface area contributed by atoms with Crippen LogP contribution in [0.1, 0.15) is 26.9 Å². The summed E-state index contributed by atoms with van der Waals surface area (Å²) >= 11 is 0.